The normalized spacial score (nSPS) is 15.3. The van der Waals surface area contributed by atoms with Gasteiger partial charge in [-0.2, -0.15) is 5.10 Å². The van der Waals surface area contributed by atoms with E-state index in [1.807, 2.05) is 42.2 Å². The van der Waals surface area contributed by atoms with Gasteiger partial charge in [-0.05, 0) is 12.5 Å². The topological polar surface area (TPSA) is 96.2 Å². The fourth-order valence-electron chi connectivity index (χ4n) is 3.82. The highest BCUT2D eigenvalue weighted by Crippen LogP contribution is 2.28. The van der Waals surface area contributed by atoms with Crippen molar-refractivity contribution in [1.29, 1.82) is 0 Å². The molecule has 32 heavy (non-hydrogen) atoms. The molecule has 1 N–H and O–H groups in total. The number of piperazine rings is 1. The average molecular weight is 456 g/mol. The lowest BCUT2D eigenvalue weighted by atomic mass is 10.1. The van der Waals surface area contributed by atoms with E-state index in [0.29, 0.717) is 0 Å². The molecule has 0 saturated carbocycles. The molecule has 1 saturated heterocycles. The molecule has 1 aliphatic rings. The molecule has 3 heterocycles. The van der Waals surface area contributed by atoms with E-state index in [0.717, 1.165) is 61.6 Å². The van der Waals surface area contributed by atoms with Gasteiger partial charge in [-0.25, -0.2) is 18.1 Å². The summed E-state index contributed by atoms with van der Waals surface area (Å²) in [4.78, 5) is 14.0. The summed E-state index contributed by atoms with van der Waals surface area (Å²) in [7, 11) is -1.25. The Balaban J connectivity index is 1.43. The summed E-state index contributed by atoms with van der Waals surface area (Å²) in [6.45, 7) is 6.92. The summed E-state index contributed by atoms with van der Waals surface area (Å²) in [5, 5.41) is 4.35. The molecule has 0 unspecified atom stereocenters. The summed E-state index contributed by atoms with van der Waals surface area (Å²) in [6, 6.07) is 7.77. The van der Waals surface area contributed by atoms with Gasteiger partial charge in [0.1, 0.15) is 5.69 Å². The first-order chi connectivity index (χ1) is 15.3. The van der Waals surface area contributed by atoms with Crippen LogP contribution in [0, 0.1) is 6.92 Å². The third-order valence-corrected chi connectivity index (χ3v) is 6.52. The summed E-state index contributed by atoms with van der Waals surface area (Å²) in [6.07, 6.45) is 6.55. The highest BCUT2D eigenvalue weighted by atomic mass is 32.2. The second-order valence-corrected chi connectivity index (χ2v) is 9.99. The van der Waals surface area contributed by atoms with Crippen molar-refractivity contribution in [3.05, 3.63) is 59.7 Å². The highest BCUT2D eigenvalue weighted by Gasteiger charge is 2.22. The number of aromatic nitrogens is 4. The van der Waals surface area contributed by atoms with Crippen molar-refractivity contribution in [3.8, 4) is 11.3 Å². The predicted molar refractivity (Wildman–Crippen MR) is 125 cm³/mol. The molecule has 0 spiro atoms. The van der Waals surface area contributed by atoms with Crippen molar-refractivity contribution in [2.24, 2.45) is 7.05 Å². The minimum Gasteiger partial charge on any atom is -0.352 e. The van der Waals surface area contributed by atoms with E-state index in [1.54, 1.807) is 12.4 Å². The Morgan fingerprint density at radius 1 is 1.03 bits per heavy atom. The molecule has 1 aliphatic heterocycles. The van der Waals surface area contributed by atoms with E-state index >= 15 is 0 Å². The van der Waals surface area contributed by atoms with Crippen LogP contribution in [0.4, 0.5) is 5.82 Å². The van der Waals surface area contributed by atoms with Gasteiger partial charge in [0.05, 0.1) is 12.5 Å². The van der Waals surface area contributed by atoms with Gasteiger partial charge in [0.2, 0.25) is 10.0 Å². The van der Waals surface area contributed by atoms with Gasteiger partial charge in [0.25, 0.3) is 0 Å². The van der Waals surface area contributed by atoms with Crippen molar-refractivity contribution in [2.75, 3.05) is 37.3 Å². The Bertz CT molecular complexity index is 1170. The first-order valence-corrected chi connectivity index (χ1v) is 12.5. The lowest BCUT2D eigenvalue weighted by Gasteiger charge is -2.35. The zero-order chi connectivity index (χ0) is 22.7. The number of rotatable bonds is 7. The molecule has 0 radical (unpaired) electrons. The first-order valence-electron chi connectivity index (χ1n) is 10.6. The molecule has 170 valence electrons. The maximum Gasteiger partial charge on any atom is 0.209 e. The molecule has 10 heteroatoms. The minimum atomic E-state index is -3.22. The van der Waals surface area contributed by atoms with Crippen molar-refractivity contribution in [1.82, 2.24) is 29.4 Å². The molecule has 9 nitrogen and oxygen atoms in total. The standard InChI is InChI=1S/C22H29N7O2S/c1-17-20(15-25-27(17)2)16-28-10-12-29(13-11-28)22-21(23-8-9-24-22)19-6-4-18(5-7-19)14-26-32(3,30)31/h4-9,15,26H,10-14,16H2,1-3H3. The molecule has 1 fully saturated rings. The van der Waals surface area contributed by atoms with Crippen LogP contribution in [0.3, 0.4) is 0 Å². The third-order valence-electron chi connectivity index (χ3n) is 5.85. The van der Waals surface area contributed by atoms with Crippen LogP contribution in [-0.2, 0) is 30.2 Å². The summed E-state index contributed by atoms with van der Waals surface area (Å²) < 4.78 is 27.1. The molecule has 0 aliphatic carbocycles. The van der Waals surface area contributed by atoms with Crippen molar-refractivity contribution in [3.63, 3.8) is 0 Å². The van der Waals surface area contributed by atoms with Crippen LogP contribution in [0.15, 0.2) is 42.9 Å². The van der Waals surface area contributed by atoms with Gasteiger partial charge in [-0.3, -0.25) is 14.6 Å². The SMILES string of the molecule is Cc1c(CN2CCN(c3nccnc3-c3ccc(CNS(C)(=O)=O)cc3)CC2)cnn1C. The number of benzene rings is 1. The lowest BCUT2D eigenvalue weighted by molar-refractivity contribution is 0.249. The van der Waals surface area contributed by atoms with Crippen LogP contribution in [0.2, 0.25) is 0 Å². The number of nitrogens with one attached hydrogen (secondary N) is 1. The van der Waals surface area contributed by atoms with Crippen LogP contribution in [0.25, 0.3) is 11.3 Å². The second kappa shape index (κ2) is 9.35. The molecule has 4 rings (SSSR count). The number of nitrogens with zero attached hydrogens (tertiary/aromatic N) is 6. The molecule has 0 bridgehead atoms. The monoisotopic (exact) mass is 455 g/mol. The average Bonchev–Trinajstić information content (AvgIpc) is 3.10. The zero-order valence-corrected chi connectivity index (χ0v) is 19.5. The first kappa shape index (κ1) is 22.4. The lowest BCUT2D eigenvalue weighted by Crippen LogP contribution is -2.46. The zero-order valence-electron chi connectivity index (χ0n) is 18.7. The smallest absolute Gasteiger partial charge is 0.209 e. The molecular formula is C22H29N7O2S. The molecule has 2 aromatic heterocycles. The van der Waals surface area contributed by atoms with Gasteiger partial charge >= 0.3 is 0 Å². The quantitative estimate of drug-likeness (QED) is 0.577. The van der Waals surface area contributed by atoms with E-state index < -0.39 is 10.0 Å². The Morgan fingerprint density at radius 2 is 1.72 bits per heavy atom. The van der Waals surface area contributed by atoms with E-state index in [-0.39, 0.29) is 6.54 Å². The summed E-state index contributed by atoms with van der Waals surface area (Å²) in [5.74, 6) is 0.881. The van der Waals surface area contributed by atoms with Gasteiger partial charge in [-0.15, -0.1) is 0 Å². The van der Waals surface area contributed by atoms with E-state index in [2.05, 4.69) is 36.5 Å². The van der Waals surface area contributed by atoms with Crippen molar-refractivity contribution < 1.29 is 8.42 Å². The summed E-state index contributed by atoms with van der Waals surface area (Å²) in [5.41, 5.74) is 5.17. The number of hydrogen-bond acceptors (Lipinski definition) is 7. The van der Waals surface area contributed by atoms with Crippen LogP contribution in [0.5, 0.6) is 0 Å². The van der Waals surface area contributed by atoms with Gasteiger partial charge in [0, 0.05) is 75.5 Å². The van der Waals surface area contributed by atoms with Gasteiger partial charge in [-0.1, -0.05) is 24.3 Å². The van der Waals surface area contributed by atoms with Gasteiger partial charge in [0.15, 0.2) is 5.82 Å². The Morgan fingerprint density at radius 3 is 2.34 bits per heavy atom. The fraction of sp³-hybridized carbons (Fsp3) is 0.409. The number of hydrogen-bond donors (Lipinski definition) is 1. The minimum absolute atomic E-state index is 0.269. The van der Waals surface area contributed by atoms with Gasteiger partial charge < -0.3 is 4.90 Å². The number of aryl methyl sites for hydroxylation is 1. The van der Waals surface area contributed by atoms with Crippen LogP contribution < -0.4 is 9.62 Å². The number of anilines is 1. The van der Waals surface area contributed by atoms with E-state index in [9.17, 15) is 8.42 Å². The molecule has 0 amide bonds. The molecule has 1 aromatic carbocycles. The maximum atomic E-state index is 11.3. The molecule has 3 aromatic rings. The molecular weight excluding hydrogens is 426 g/mol. The largest absolute Gasteiger partial charge is 0.352 e. The van der Waals surface area contributed by atoms with Crippen molar-refractivity contribution in [2.45, 2.75) is 20.0 Å². The van der Waals surface area contributed by atoms with Crippen molar-refractivity contribution >= 4 is 15.8 Å². The Kier molecular flexibility index (Phi) is 6.54. The fourth-order valence-corrected chi connectivity index (χ4v) is 4.25. The predicted octanol–water partition coefficient (Wildman–Crippen LogP) is 1.56. The summed E-state index contributed by atoms with van der Waals surface area (Å²) >= 11 is 0. The van der Waals surface area contributed by atoms with Crippen LogP contribution >= 0.6 is 0 Å². The number of sulfonamides is 1. The molecule has 0 atom stereocenters. The van der Waals surface area contributed by atoms with E-state index in [1.165, 1.54) is 11.3 Å². The highest BCUT2D eigenvalue weighted by molar-refractivity contribution is 7.88. The second-order valence-electron chi connectivity index (χ2n) is 8.16. The Labute approximate surface area is 189 Å². The maximum absolute atomic E-state index is 11.3. The van der Waals surface area contributed by atoms with Crippen LogP contribution in [-0.4, -0.2) is 65.5 Å². The third kappa shape index (κ3) is 5.32. The van der Waals surface area contributed by atoms with Crippen LogP contribution in [0.1, 0.15) is 16.8 Å². The Hall–Kier alpha value is -2.82. The van der Waals surface area contributed by atoms with E-state index in [4.69, 9.17) is 0 Å².